The van der Waals surface area contributed by atoms with Gasteiger partial charge in [-0.25, -0.2) is 0 Å². The predicted molar refractivity (Wildman–Crippen MR) is 408 cm³/mol. The summed E-state index contributed by atoms with van der Waals surface area (Å²) in [5, 5.41) is 25.6. The molecule has 0 aliphatic rings. The first kappa shape index (κ1) is 80.4. The molecule has 9 amide bonds. The van der Waals surface area contributed by atoms with Crippen molar-refractivity contribution in [3.63, 3.8) is 0 Å². The van der Waals surface area contributed by atoms with Crippen LogP contribution in [-0.4, -0.2) is 155 Å². The van der Waals surface area contributed by atoms with Crippen LogP contribution in [0.5, 0.6) is 0 Å². The van der Waals surface area contributed by atoms with Crippen molar-refractivity contribution in [2.75, 3.05) is 32.7 Å². The molecule has 0 radical (unpaired) electrons. The number of carbonyl (C=O) groups is 9. The van der Waals surface area contributed by atoms with E-state index in [4.69, 9.17) is 40.1 Å². The first-order valence-corrected chi connectivity index (χ1v) is 36.7. The van der Waals surface area contributed by atoms with Crippen LogP contribution < -0.4 is 82.7 Å². The van der Waals surface area contributed by atoms with Crippen molar-refractivity contribution in [2.24, 2.45) is 40.1 Å². The molecule has 0 aliphatic carbocycles. The number of rotatable bonds is 46. The Morgan fingerprint density at radius 1 is 0.305 bits per heavy atom. The molecule has 3 aromatic heterocycles. The zero-order valence-electron chi connectivity index (χ0n) is 59.7. The van der Waals surface area contributed by atoms with Crippen molar-refractivity contribution >= 4 is 85.9 Å². The van der Waals surface area contributed by atoms with E-state index < -0.39 is 113 Å². The van der Waals surface area contributed by atoms with Gasteiger partial charge < -0.3 is 97.6 Å². The van der Waals surface area contributed by atoms with Gasteiger partial charge >= 0.3 is 0 Å². The van der Waals surface area contributed by atoms with Crippen LogP contribution in [0.15, 0.2) is 152 Å². The van der Waals surface area contributed by atoms with Crippen LogP contribution in [0.25, 0.3) is 32.7 Å². The van der Waals surface area contributed by atoms with E-state index >= 15 is 28.8 Å². The second-order valence-corrected chi connectivity index (χ2v) is 26.8. The number of hydrogen-bond acceptors (Lipinski definition) is 15. The van der Waals surface area contributed by atoms with Crippen LogP contribution in [0.3, 0.4) is 0 Å². The third-order valence-electron chi connectivity index (χ3n) is 19.1. The lowest BCUT2D eigenvalue weighted by atomic mass is 9.84. The molecule has 0 saturated heterocycles. The number of para-hydroxylation sites is 3. The highest BCUT2D eigenvalue weighted by Crippen LogP contribution is 2.30. The zero-order chi connectivity index (χ0) is 75.0. The molecule has 562 valence electrons. The SMILES string of the molecule is NCCCC[C@@H](N)C(=O)N[C@@H](C(=O)N[C@H](Cc1c[nH]c2ccccc12)C(=O)N[C@H](CCCCN)C(=O)N[C@H](CCCCN)C(=O)N[C@H](Cc1c[nH]c2ccccc12)C(=O)N[C@H](Cc1c[nH]c2ccccc12)C(=O)N[C@H](CCCCN)C(=O)N[C@H](CCCCN)C(N)=O)C(c1ccccc1)c1ccccc1. The van der Waals surface area contributed by atoms with Gasteiger partial charge in [-0.05, 0) is 169 Å². The van der Waals surface area contributed by atoms with Gasteiger partial charge in [0.2, 0.25) is 53.2 Å². The number of primary amides is 1. The van der Waals surface area contributed by atoms with Crippen LogP contribution in [0.2, 0.25) is 0 Å². The van der Waals surface area contributed by atoms with Gasteiger partial charge in [0.05, 0.1) is 6.04 Å². The summed E-state index contributed by atoms with van der Waals surface area (Å²) in [5.41, 5.74) is 47.3. The molecule has 0 saturated carbocycles. The number of nitrogens with one attached hydrogen (secondary N) is 11. The van der Waals surface area contributed by atoms with Crippen LogP contribution in [0.4, 0.5) is 0 Å². The van der Waals surface area contributed by atoms with E-state index in [0.717, 1.165) is 32.7 Å². The van der Waals surface area contributed by atoms with Crippen LogP contribution in [0.1, 0.15) is 130 Å². The fraction of sp³-hybridized carbons (Fsp3) is 0.423. The highest BCUT2D eigenvalue weighted by molar-refractivity contribution is 6.00. The lowest BCUT2D eigenvalue weighted by Gasteiger charge is -2.31. The molecular formula is C78H106N18O9. The van der Waals surface area contributed by atoms with Gasteiger partial charge in [-0.3, -0.25) is 43.2 Å². The Hall–Kier alpha value is -10.3. The van der Waals surface area contributed by atoms with Crippen molar-refractivity contribution in [2.45, 2.75) is 176 Å². The molecule has 3 heterocycles. The Bertz CT molecular complexity index is 4070. The monoisotopic (exact) mass is 1440 g/mol. The number of nitrogens with two attached hydrogens (primary N) is 7. The third kappa shape index (κ3) is 23.6. The van der Waals surface area contributed by atoms with E-state index in [-0.39, 0.29) is 58.0 Å². The fourth-order valence-corrected chi connectivity index (χ4v) is 13.2. The molecule has 9 atom stereocenters. The second-order valence-electron chi connectivity index (χ2n) is 26.8. The molecule has 0 spiro atoms. The average molecular weight is 1440 g/mol. The highest BCUT2D eigenvalue weighted by atomic mass is 16.2. The number of unbranched alkanes of at least 4 members (excludes halogenated alkanes) is 5. The number of aromatic nitrogens is 3. The summed E-state index contributed by atoms with van der Waals surface area (Å²) in [7, 11) is 0. The summed E-state index contributed by atoms with van der Waals surface area (Å²) in [5.74, 6) is -7.37. The molecule has 5 aromatic carbocycles. The Kier molecular flexibility index (Phi) is 32.1. The Morgan fingerprint density at radius 3 is 0.914 bits per heavy atom. The molecule has 0 aliphatic heterocycles. The van der Waals surface area contributed by atoms with E-state index in [1.807, 2.05) is 133 Å². The summed E-state index contributed by atoms with van der Waals surface area (Å²) in [6.45, 7) is 1.57. The van der Waals surface area contributed by atoms with Crippen molar-refractivity contribution in [3.8, 4) is 0 Å². The molecule has 0 unspecified atom stereocenters. The van der Waals surface area contributed by atoms with Gasteiger partial charge in [0.15, 0.2) is 0 Å². The summed E-state index contributed by atoms with van der Waals surface area (Å²) >= 11 is 0. The molecule has 0 bridgehead atoms. The number of fused-ring (bicyclic) bond motifs is 3. The minimum Gasteiger partial charge on any atom is -0.368 e. The minimum absolute atomic E-state index is 0.0233. The van der Waals surface area contributed by atoms with E-state index in [1.54, 1.807) is 18.6 Å². The van der Waals surface area contributed by atoms with Gasteiger partial charge in [0.25, 0.3) is 0 Å². The van der Waals surface area contributed by atoms with E-state index in [9.17, 15) is 14.4 Å². The maximum Gasteiger partial charge on any atom is 0.244 e. The maximum absolute atomic E-state index is 15.5. The number of benzene rings is 5. The number of carbonyl (C=O) groups excluding carboxylic acids is 9. The van der Waals surface area contributed by atoms with Crippen LogP contribution >= 0.6 is 0 Å². The molecular weight excluding hydrogens is 1330 g/mol. The summed E-state index contributed by atoms with van der Waals surface area (Å²) in [4.78, 5) is 143. The predicted octanol–water partition coefficient (Wildman–Crippen LogP) is 3.33. The molecule has 0 fully saturated rings. The number of aromatic amines is 3. The number of amides is 9. The Labute approximate surface area is 612 Å². The highest BCUT2D eigenvalue weighted by Gasteiger charge is 2.39. The molecule has 25 N–H and O–H groups in total. The van der Waals surface area contributed by atoms with Crippen molar-refractivity contribution < 1.29 is 43.2 Å². The first-order valence-electron chi connectivity index (χ1n) is 36.7. The lowest BCUT2D eigenvalue weighted by molar-refractivity contribution is -0.136. The number of hydrogen-bond donors (Lipinski definition) is 18. The van der Waals surface area contributed by atoms with E-state index in [2.05, 4.69) is 57.5 Å². The fourth-order valence-electron chi connectivity index (χ4n) is 13.2. The van der Waals surface area contributed by atoms with E-state index in [0.29, 0.717) is 118 Å². The Balaban J connectivity index is 1.11. The van der Waals surface area contributed by atoms with Gasteiger partial charge in [0, 0.05) is 76.5 Å². The first-order chi connectivity index (χ1) is 50.9. The standard InChI is InChI=1S/C78H106N18O9/c79-38-18-13-30-57(84)71(98)96-69(68(49-23-3-1-4-24-49)50-25-5-2-6-26-50)78(105)95-67(45-53-48-88-60-33-12-9-29-56(53)60)76(103)92-63(36-16-21-41-82)73(100)90-64(37-17-22-42-83)74(101)93-66(44-52-47-87-59-32-11-8-28-55(52)59)77(104)94-65(43-51-46-86-58-31-10-7-27-54(51)58)75(102)91-62(35-15-20-40-81)72(99)89-61(70(85)97)34-14-19-39-80/h1-12,23-29,31-33,46-48,57,61-69,86-88H,13-22,30,34-45,79-84H2,(H2,85,97)(H,89,99)(H,90,100)(H,91,102)(H,92,103)(H,93,101)(H,94,104)(H,95,105)(H,96,98)/t57-,61-,62-,63-,64-,65-,66-,67-,69-/m1/s1. The molecule has 27 nitrogen and oxygen atoms in total. The van der Waals surface area contributed by atoms with E-state index in [1.165, 1.54) is 0 Å². The van der Waals surface area contributed by atoms with Crippen molar-refractivity contribution in [1.29, 1.82) is 0 Å². The smallest absolute Gasteiger partial charge is 0.244 e. The summed E-state index contributed by atoms with van der Waals surface area (Å²) in [6, 6.07) is 29.1. The van der Waals surface area contributed by atoms with Gasteiger partial charge in [-0.15, -0.1) is 0 Å². The van der Waals surface area contributed by atoms with Gasteiger partial charge in [-0.1, -0.05) is 122 Å². The molecule has 105 heavy (non-hydrogen) atoms. The van der Waals surface area contributed by atoms with Gasteiger partial charge in [0.1, 0.15) is 48.3 Å². The largest absolute Gasteiger partial charge is 0.368 e. The Morgan fingerprint density at radius 2 is 0.581 bits per heavy atom. The zero-order valence-corrected chi connectivity index (χ0v) is 59.7. The summed E-state index contributed by atoms with van der Waals surface area (Å²) < 4.78 is 0. The molecule has 8 aromatic rings. The normalized spacial score (nSPS) is 14.0. The minimum atomic E-state index is -1.43. The third-order valence-corrected chi connectivity index (χ3v) is 19.1. The topological polar surface area (TPSA) is 479 Å². The van der Waals surface area contributed by atoms with Crippen molar-refractivity contribution in [1.82, 2.24) is 57.5 Å². The maximum atomic E-state index is 15.5. The van der Waals surface area contributed by atoms with Crippen LogP contribution in [-0.2, 0) is 62.4 Å². The van der Waals surface area contributed by atoms with Crippen LogP contribution in [0, 0.1) is 0 Å². The van der Waals surface area contributed by atoms with Crippen molar-refractivity contribution in [3.05, 3.63) is 180 Å². The molecule has 8 rings (SSSR count). The second kappa shape index (κ2) is 41.9. The quantitative estimate of drug-likeness (QED) is 0.0243. The molecule has 27 heteroatoms. The lowest BCUT2D eigenvalue weighted by Crippen LogP contribution is -2.61. The summed E-state index contributed by atoms with van der Waals surface area (Å²) in [6.07, 6.45) is 10.3. The van der Waals surface area contributed by atoms with Gasteiger partial charge in [-0.2, -0.15) is 0 Å². The average Bonchev–Trinajstić information content (AvgIpc) is 1.80. The number of H-pyrrole nitrogens is 3.